The Balaban J connectivity index is 0.000000150. The molecule has 4 aromatic heterocycles. The number of pyridine rings is 2. The van der Waals surface area contributed by atoms with Crippen LogP contribution in [0.3, 0.4) is 0 Å². The summed E-state index contributed by atoms with van der Waals surface area (Å²) in [6.07, 6.45) is 5.63. The standard InChI is InChI=1S/2C47H31N3/c1-3-19-41-33(10-1)12-7-21-43(41)36-14-5-16-38(28-36)46-30-45(35-25-23-32(24-26-35)40-18-9-27-48-31-40)49-47(50-46)39-17-6-15-37(29-39)44-22-8-13-34-11-2-4-20-42(34)44;1-2-8-32(9-3-1)34-14-21-37(22-15-34)45-30-46(38-23-16-36(17-24-38)43-29-42-12-6-7-13-44(42)48-31-43)50-47(49-45)39-25-18-35(19-26-39)41-27-20-33-10-4-5-11-40(33)28-41/h2*1-31H. The Labute approximate surface area is 580 Å². The Bertz CT molecular complexity index is 5700. The van der Waals surface area contributed by atoms with Crippen molar-refractivity contribution in [2.75, 3.05) is 0 Å². The SMILES string of the molecule is c1ccc(-c2ccc(-c3cc(-c4ccc(-c5cnc6ccccc6c5)cc4)nc(-c4ccc(-c5ccc6ccccc6c5)cc4)n3)cc2)cc1.c1cncc(-c2ccc(-c3cc(-c4cccc(-c5cccc6ccccc56)c4)nc(-c4cccc(-c5cccc6ccccc56)c4)n3)cc2)c1. The molecule has 6 nitrogen and oxygen atoms in total. The van der Waals surface area contributed by atoms with Crippen molar-refractivity contribution in [1.29, 1.82) is 0 Å². The Morgan fingerprint density at radius 2 is 0.560 bits per heavy atom. The number of fused-ring (bicyclic) bond motifs is 4. The number of aromatic nitrogens is 6. The minimum atomic E-state index is 0.687. The van der Waals surface area contributed by atoms with Gasteiger partial charge in [0.25, 0.3) is 0 Å². The molecule has 0 N–H and O–H groups in total. The molecule has 100 heavy (non-hydrogen) atoms. The molecular formula is C94H62N6. The summed E-state index contributed by atoms with van der Waals surface area (Å²) in [7, 11) is 0. The van der Waals surface area contributed by atoms with Crippen LogP contribution in [0.15, 0.2) is 377 Å². The van der Waals surface area contributed by atoms with Crippen molar-refractivity contribution in [3.8, 4) is 135 Å². The third kappa shape index (κ3) is 12.6. The van der Waals surface area contributed by atoms with E-state index in [1.54, 1.807) is 6.20 Å². The first kappa shape index (κ1) is 60.3. The maximum atomic E-state index is 5.24. The van der Waals surface area contributed by atoms with Crippen LogP contribution < -0.4 is 0 Å². The maximum Gasteiger partial charge on any atom is 0.160 e. The lowest BCUT2D eigenvalue weighted by Crippen LogP contribution is -1.96. The van der Waals surface area contributed by atoms with Crippen LogP contribution in [0.2, 0.25) is 0 Å². The van der Waals surface area contributed by atoms with Crippen molar-refractivity contribution in [1.82, 2.24) is 29.9 Å². The Kier molecular flexibility index (Phi) is 16.3. The van der Waals surface area contributed by atoms with E-state index in [2.05, 4.69) is 338 Å². The second-order valence-corrected chi connectivity index (χ2v) is 25.0. The second-order valence-electron chi connectivity index (χ2n) is 25.0. The van der Waals surface area contributed by atoms with Gasteiger partial charge in [-0.3, -0.25) is 9.97 Å². The molecule has 0 fully saturated rings. The summed E-state index contributed by atoms with van der Waals surface area (Å²) in [6.45, 7) is 0. The lowest BCUT2D eigenvalue weighted by molar-refractivity contribution is 1.18. The van der Waals surface area contributed by atoms with Crippen molar-refractivity contribution in [3.05, 3.63) is 377 Å². The van der Waals surface area contributed by atoms with Crippen molar-refractivity contribution < 1.29 is 0 Å². The van der Waals surface area contributed by atoms with Crippen LogP contribution in [-0.2, 0) is 0 Å². The highest BCUT2D eigenvalue weighted by Gasteiger charge is 2.17. The fraction of sp³-hybridized carbons (Fsp3) is 0. The van der Waals surface area contributed by atoms with E-state index in [-0.39, 0.29) is 0 Å². The van der Waals surface area contributed by atoms with Crippen LogP contribution in [0.1, 0.15) is 0 Å². The molecule has 0 aliphatic heterocycles. The lowest BCUT2D eigenvalue weighted by Gasteiger charge is -2.13. The molecule has 18 rings (SSSR count). The minimum absolute atomic E-state index is 0.687. The monoisotopic (exact) mass is 1270 g/mol. The molecule has 0 saturated carbocycles. The highest BCUT2D eigenvalue weighted by atomic mass is 14.9. The van der Waals surface area contributed by atoms with Gasteiger partial charge in [-0.25, -0.2) is 19.9 Å². The Morgan fingerprint density at radius 1 is 0.180 bits per heavy atom. The molecule has 0 saturated heterocycles. The van der Waals surface area contributed by atoms with E-state index in [1.165, 1.54) is 60.1 Å². The smallest absolute Gasteiger partial charge is 0.160 e. The quantitative estimate of drug-likeness (QED) is 0.121. The summed E-state index contributed by atoms with van der Waals surface area (Å²) < 4.78 is 0. The fourth-order valence-electron chi connectivity index (χ4n) is 13.4. The number of nitrogens with zero attached hydrogens (tertiary/aromatic N) is 6. The van der Waals surface area contributed by atoms with Gasteiger partial charge < -0.3 is 0 Å². The first-order valence-electron chi connectivity index (χ1n) is 33.7. The second kappa shape index (κ2) is 27.0. The van der Waals surface area contributed by atoms with Crippen LogP contribution in [-0.4, -0.2) is 29.9 Å². The van der Waals surface area contributed by atoms with Crippen molar-refractivity contribution in [2.45, 2.75) is 0 Å². The van der Waals surface area contributed by atoms with Crippen LogP contribution in [0.25, 0.3) is 178 Å². The van der Waals surface area contributed by atoms with E-state index in [9.17, 15) is 0 Å². The minimum Gasteiger partial charge on any atom is -0.264 e. The maximum absolute atomic E-state index is 5.24. The molecule has 0 radical (unpaired) electrons. The highest BCUT2D eigenvalue weighted by Crippen LogP contribution is 2.38. The topological polar surface area (TPSA) is 77.3 Å². The van der Waals surface area contributed by atoms with Crippen LogP contribution >= 0.6 is 0 Å². The first-order valence-corrected chi connectivity index (χ1v) is 33.7. The summed E-state index contributed by atoms with van der Waals surface area (Å²) in [4.78, 5) is 29.7. The first-order chi connectivity index (χ1) is 49.5. The fourth-order valence-corrected chi connectivity index (χ4v) is 13.4. The normalized spacial score (nSPS) is 11.2. The van der Waals surface area contributed by atoms with E-state index in [0.717, 1.165) is 106 Å². The van der Waals surface area contributed by atoms with Gasteiger partial charge in [-0.1, -0.05) is 309 Å². The molecule has 0 unspecified atom stereocenters. The number of hydrogen-bond donors (Lipinski definition) is 0. The number of hydrogen-bond acceptors (Lipinski definition) is 6. The summed E-state index contributed by atoms with van der Waals surface area (Å²) in [5, 5.41) is 8.50. The predicted molar refractivity (Wildman–Crippen MR) is 415 cm³/mol. The summed E-state index contributed by atoms with van der Waals surface area (Å²) in [5.74, 6) is 1.38. The van der Waals surface area contributed by atoms with Crippen LogP contribution in [0, 0.1) is 0 Å². The molecule has 18 aromatic rings. The summed E-state index contributed by atoms with van der Waals surface area (Å²) in [6, 6.07) is 126. The predicted octanol–water partition coefficient (Wildman–Crippen LogP) is 24.4. The van der Waals surface area contributed by atoms with Gasteiger partial charge in [0.15, 0.2) is 11.6 Å². The van der Waals surface area contributed by atoms with E-state index in [4.69, 9.17) is 19.9 Å². The molecule has 0 atom stereocenters. The molecule has 468 valence electrons. The zero-order valence-corrected chi connectivity index (χ0v) is 54.5. The van der Waals surface area contributed by atoms with E-state index in [0.29, 0.717) is 11.6 Å². The van der Waals surface area contributed by atoms with Crippen molar-refractivity contribution in [2.24, 2.45) is 0 Å². The lowest BCUT2D eigenvalue weighted by atomic mass is 9.95. The molecular weight excluding hydrogens is 1210 g/mol. The van der Waals surface area contributed by atoms with Gasteiger partial charge >= 0.3 is 0 Å². The molecule has 0 bridgehead atoms. The van der Waals surface area contributed by atoms with Gasteiger partial charge in [-0.05, 0) is 142 Å². The number of benzene rings is 14. The van der Waals surface area contributed by atoms with E-state index >= 15 is 0 Å². The number of rotatable bonds is 12. The molecule has 0 aliphatic carbocycles. The van der Waals surface area contributed by atoms with Gasteiger partial charge in [-0.2, -0.15) is 0 Å². The third-order valence-electron chi connectivity index (χ3n) is 18.7. The Morgan fingerprint density at radius 3 is 1.15 bits per heavy atom. The average molecular weight is 1280 g/mol. The summed E-state index contributed by atoms with van der Waals surface area (Å²) in [5.41, 5.74) is 24.4. The molecule has 4 heterocycles. The summed E-state index contributed by atoms with van der Waals surface area (Å²) >= 11 is 0. The molecule has 0 amide bonds. The highest BCUT2D eigenvalue weighted by molar-refractivity contribution is 5.99. The van der Waals surface area contributed by atoms with Crippen LogP contribution in [0.5, 0.6) is 0 Å². The number of para-hydroxylation sites is 1. The molecule has 6 heteroatoms. The van der Waals surface area contributed by atoms with Crippen molar-refractivity contribution in [3.63, 3.8) is 0 Å². The average Bonchev–Trinajstić information content (AvgIpc) is 0.803. The van der Waals surface area contributed by atoms with Gasteiger partial charge in [-0.15, -0.1) is 0 Å². The zero-order chi connectivity index (χ0) is 66.6. The van der Waals surface area contributed by atoms with Gasteiger partial charge in [0.05, 0.1) is 28.3 Å². The van der Waals surface area contributed by atoms with Gasteiger partial charge in [0, 0.05) is 62.9 Å². The molecule has 0 aliphatic rings. The van der Waals surface area contributed by atoms with Crippen molar-refractivity contribution >= 4 is 43.2 Å². The van der Waals surface area contributed by atoms with Gasteiger partial charge in [0.1, 0.15) is 0 Å². The van der Waals surface area contributed by atoms with Crippen LogP contribution in [0.4, 0.5) is 0 Å². The molecule has 14 aromatic carbocycles. The third-order valence-corrected chi connectivity index (χ3v) is 18.7. The Hall–Kier alpha value is -13.4. The molecule has 0 spiro atoms. The largest absolute Gasteiger partial charge is 0.264 e. The zero-order valence-electron chi connectivity index (χ0n) is 54.5. The van der Waals surface area contributed by atoms with E-state index < -0.39 is 0 Å². The van der Waals surface area contributed by atoms with E-state index in [1.807, 2.05) is 42.7 Å². The van der Waals surface area contributed by atoms with Gasteiger partial charge in [0.2, 0.25) is 0 Å².